The predicted molar refractivity (Wildman–Crippen MR) is 97.5 cm³/mol. The Bertz CT molecular complexity index is 1020. The number of pyridine rings is 1. The van der Waals surface area contributed by atoms with Gasteiger partial charge in [-0.25, -0.2) is 0 Å². The molecule has 0 aliphatic heterocycles. The van der Waals surface area contributed by atoms with Crippen LogP contribution in [0.2, 0.25) is 0 Å². The van der Waals surface area contributed by atoms with Crippen molar-refractivity contribution < 1.29 is 13.6 Å². The molecule has 0 saturated carbocycles. The zero-order valence-electron chi connectivity index (χ0n) is 14.4. The average Bonchev–Trinajstić information content (AvgIpc) is 3.30. The number of carbonyl (C=O) groups is 1. The Morgan fingerprint density at radius 2 is 1.96 bits per heavy atom. The van der Waals surface area contributed by atoms with Crippen LogP contribution in [0.4, 0.5) is 0 Å². The first-order valence-electron chi connectivity index (χ1n) is 8.41. The minimum Gasteiger partial charge on any atom is -0.467 e. The van der Waals surface area contributed by atoms with Gasteiger partial charge in [-0.1, -0.05) is 24.3 Å². The molecule has 0 saturated heterocycles. The van der Waals surface area contributed by atoms with Gasteiger partial charge in [0, 0.05) is 29.9 Å². The summed E-state index contributed by atoms with van der Waals surface area (Å²) in [6.45, 7) is 2.69. The van der Waals surface area contributed by atoms with Crippen LogP contribution in [0.15, 0.2) is 76.0 Å². The first-order chi connectivity index (χ1) is 12.7. The lowest BCUT2D eigenvalue weighted by Crippen LogP contribution is -2.30. The number of aryl methyl sites for hydroxylation is 1. The van der Waals surface area contributed by atoms with Gasteiger partial charge in [0.2, 0.25) is 0 Å². The molecule has 5 heteroatoms. The van der Waals surface area contributed by atoms with Crippen molar-refractivity contribution in [2.24, 2.45) is 0 Å². The predicted octanol–water partition coefficient (Wildman–Crippen LogP) is 4.57. The standard InChI is InChI=1S/C21H18N2O3/c1-15-18-8-2-3-9-19(18)26-20(15)21(24)23(14-17-7-5-11-25-17)13-16-6-4-10-22-12-16/h2-12H,13-14H2,1H3. The van der Waals surface area contributed by atoms with Crippen molar-refractivity contribution in [3.8, 4) is 0 Å². The summed E-state index contributed by atoms with van der Waals surface area (Å²) in [7, 11) is 0. The Morgan fingerprint density at radius 1 is 1.08 bits per heavy atom. The number of hydrogen-bond acceptors (Lipinski definition) is 4. The van der Waals surface area contributed by atoms with Crippen LogP contribution in [0, 0.1) is 6.92 Å². The maximum Gasteiger partial charge on any atom is 0.290 e. The fourth-order valence-corrected chi connectivity index (χ4v) is 3.02. The second-order valence-electron chi connectivity index (χ2n) is 6.15. The van der Waals surface area contributed by atoms with Gasteiger partial charge in [-0.15, -0.1) is 0 Å². The molecule has 1 aromatic carbocycles. The van der Waals surface area contributed by atoms with Gasteiger partial charge < -0.3 is 13.7 Å². The van der Waals surface area contributed by atoms with E-state index in [9.17, 15) is 4.79 Å². The molecule has 0 bridgehead atoms. The number of amides is 1. The van der Waals surface area contributed by atoms with Gasteiger partial charge in [-0.05, 0) is 36.8 Å². The summed E-state index contributed by atoms with van der Waals surface area (Å²) in [5, 5.41) is 0.954. The largest absolute Gasteiger partial charge is 0.467 e. The first-order valence-corrected chi connectivity index (χ1v) is 8.41. The topological polar surface area (TPSA) is 59.5 Å². The summed E-state index contributed by atoms with van der Waals surface area (Å²) in [5.74, 6) is 0.914. The summed E-state index contributed by atoms with van der Waals surface area (Å²) in [6.07, 6.45) is 5.08. The number of hydrogen-bond donors (Lipinski definition) is 0. The van der Waals surface area contributed by atoms with Gasteiger partial charge in [0.05, 0.1) is 12.8 Å². The van der Waals surface area contributed by atoms with Crippen LogP contribution in [0.25, 0.3) is 11.0 Å². The van der Waals surface area contributed by atoms with Crippen molar-refractivity contribution in [2.75, 3.05) is 0 Å². The van der Waals surface area contributed by atoms with Gasteiger partial charge in [-0.2, -0.15) is 0 Å². The molecule has 0 radical (unpaired) electrons. The van der Waals surface area contributed by atoms with E-state index in [-0.39, 0.29) is 5.91 Å². The molecule has 0 aliphatic carbocycles. The normalized spacial score (nSPS) is 11.0. The minimum absolute atomic E-state index is 0.168. The van der Waals surface area contributed by atoms with E-state index < -0.39 is 0 Å². The van der Waals surface area contributed by atoms with Crippen molar-refractivity contribution >= 4 is 16.9 Å². The highest BCUT2D eigenvalue weighted by Crippen LogP contribution is 2.27. The zero-order valence-corrected chi connectivity index (χ0v) is 14.4. The lowest BCUT2D eigenvalue weighted by atomic mass is 10.1. The fraction of sp³-hybridized carbons (Fsp3) is 0.143. The summed E-state index contributed by atoms with van der Waals surface area (Å²) in [4.78, 5) is 19.1. The maximum absolute atomic E-state index is 13.2. The van der Waals surface area contributed by atoms with Crippen LogP contribution in [-0.4, -0.2) is 15.8 Å². The third-order valence-electron chi connectivity index (χ3n) is 4.35. The minimum atomic E-state index is -0.168. The second-order valence-corrected chi connectivity index (χ2v) is 6.15. The van der Waals surface area contributed by atoms with E-state index in [0.29, 0.717) is 24.4 Å². The van der Waals surface area contributed by atoms with E-state index in [4.69, 9.17) is 8.83 Å². The van der Waals surface area contributed by atoms with Gasteiger partial charge >= 0.3 is 0 Å². The highest BCUT2D eigenvalue weighted by Gasteiger charge is 2.24. The van der Waals surface area contributed by atoms with Crippen molar-refractivity contribution in [3.63, 3.8) is 0 Å². The molecule has 3 heterocycles. The zero-order chi connectivity index (χ0) is 17.9. The van der Waals surface area contributed by atoms with Gasteiger partial charge in [-0.3, -0.25) is 9.78 Å². The Labute approximate surface area is 150 Å². The number of para-hydroxylation sites is 1. The van der Waals surface area contributed by atoms with E-state index in [0.717, 1.165) is 22.3 Å². The molecule has 0 N–H and O–H groups in total. The number of fused-ring (bicyclic) bond motifs is 1. The quantitative estimate of drug-likeness (QED) is 0.531. The van der Waals surface area contributed by atoms with Crippen LogP contribution in [-0.2, 0) is 13.1 Å². The molecule has 26 heavy (non-hydrogen) atoms. The highest BCUT2D eigenvalue weighted by atomic mass is 16.3. The molecule has 130 valence electrons. The number of aromatic nitrogens is 1. The smallest absolute Gasteiger partial charge is 0.290 e. The van der Waals surface area contributed by atoms with Gasteiger partial charge in [0.1, 0.15) is 11.3 Å². The summed E-state index contributed by atoms with van der Waals surface area (Å²) >= 11 is 0. The fourth-order valence-electron chi connectivity index (χ4n) is 3.02. The number of furan rings is 2. The molecule has 0 aliphatic rings. The summed E-state index contributed by atoms with van der Waals surface area (Å²) in [6, 6.07) is 15.1. The molecule has 4 rings (SSSR count). The first kappa shape index (κ1) is 16.1. The Balaban J connectivity index is 1.69. The number of rotatable bonds is 5. The van der Waals surface area contributed by atoms with E-state index in [2.05, 4.69) is 4.98 Å². The molecule has 4 aromatic rings. The molecule has 0 atom stereocenters. The average molecular weight is 346 g/mol. The molecule has 1 amide bonds. The van der Waals surface area contributed by atoms with E-state index in [1.54, 1.807) is 23.6 Å². The van der Waals surface area contributed by atoms with Crippen LogP contribution in [0.1, 0.15) is 27.4 Å². The SMILES string of the molecule is Cc1c(C(=O)N(Cc2cccnc2)Cc2ccco2)oc2ccccc12. The molecule has 5 nitrogen and oxygen atoms in total. The Kier molecular flexibility index (Phi) is 4.27. The second kappa shape index (κ2) is 6.88. The summed E-state index contributed by atoms with van der Waals surface area (Å²) in [5.41, 5.74) is 2.51. The molecule has 0 spiro atoms. The van der Waals surface area contributed by atoms with E-state index >= 15 is 0 Å². The van der Waals surface area contributed by atoms with Crippen molar-refractivity contribution in [2.45, 2.75) is 20.0 Å². The van der Waals surface area contributed by atoms with Crippen LogP contribution in [0.3, 0.4) is 0 Å². The van der Waals surface area contributed by atoms with Gasteiger partial charge in [0.15, 0.2) is 5.76 Å². The third-order valence-corrected chi connectivity index (χ3v) is 4.35. The molecule has 0 fully saturated rings. The van der Waals surface area contributed by atoms with Crippen molar-refractivity contribution in [1.29, 1.82) is 0 Å². The van der Waals surface area contributed by atoms with Crippen LogP contribution < -0.4 is 0 Å². The number of benzene rings is 1. The Morgan fingerprint density at radius 3 is 2.69 bits per heavy atom. The highest BCUT2D eigenvalue weighted by molar-refractivity contribution is 5.98. The lowest BCUT2D eigenvalue weighted by Gasteiger charge is -2.21. The number of nitrogens with zero attached hydrogens (tertiary/aromatic N) is 2. The lowest BCUT2D eigenvalue weighted by molar-refractivity contribution is 0.0686. The molecular formula is C21H18N2O3. The third kappa shape index (κ3) is 3.11. The van der Waals surface area contributed by atoms with Crippen molar-refractivity contribution in [1.82, 2.24) is 9.88 Å². The van der Waals surface area contributed by atoms with Crippen molar-refractivity contribution in [3.05, 3.63) is 89.8 Å². The van der Waals surface area contributed by atoms with Crippen LogP contribution >= 0.6 is 0 Å². The van der Waals surface area contributed by atoms with Gasteiger partial charge in [0.25, 0.3) is 5.91 Å². The number of carbonyl (C=O) groups excluding carboxylic acids is 1. The monoisotopic (exact) mass is 346 g/mol. The Hall–Kier alpha value is -3.34. The molecule has 3 aromatic heterocycles. The van der Waals surface area contributed by atoms with E-state index in [1.807, 2.05) is 55.5 Å². The molecular weight excluding hydrogens is 328 g/mol. The van der Waals surface area contributed by atoms with E-state index in [1.165, 1.54) is 0 Å². The maximum atomic E-state index is 13.2. The summed E-state index contributed by atoms with van der Waals surface area (Å²) < 4.78 is 11.3. The molecule has 0 unspecified atom stereocenters. The van der Waals surface area contributed by atoms with Crippen LogP contribution in [0.5, 0.6) is 0 Å².